The number of hydrogen-bond acceptors (Lipinski definition) is 5. The molecule has 0 bridgehead atoms. The summed E-state index contributed by atoms with van der Waals surface area (Å²) in [4.78, 5) is 38.7. The summed E-state index contributed by atoms with van der Waals surface area (Å²) in [6, 6.07) is 15.4. The Labute approximate surface area is 205 Å². The molecule has 2 aromatic rings. The molecule has 186 valence electrons. The average Bonchev–Trinajstić information content (AvgIpc) is 3.12. The fourth-order valence-corrected chi connectivity index (χ4v) is 5.15. The SMILES string of the molecule is CN(C)CC(NC(=O)OCC1c2ccccc2-c2ccccc21)C(=O)NCC1(CC(=O)O)CCC1. The average molecular weight is 480 g/mol. The topological polar surface area (TPSA) is 108 Å². The first-order valence-corrected chi connectivity index (χ1v) is 12.0. The number of hydrogen-bond donors (Lipinski definition) is 3. The van der Waals surface area contributed by atoms with Gasteiger partial charge in [-0.1, -0.05) is 55.0 Å². The summed E-state index contributed by atoms with van der Waals surface area (Å²) in [6.07, 6.45) is 1.89. The first-order valence-electron chi connectivity index (χ1n) is 12.0. The Kier molecular flexibility index (Phi) is 7.40. The third-order valence-electron chi connectivity index (χ3n) is 7.08. The standard InChI is InChI=1S/C27H33N3O5/c1-30(2)15-23(25(33)28-17-27(12-7-13-27)14-24(31)32)29-26(34)35-16-22-20-10-5-3-8-18(20)19-9-4-6-11-21(19)22/h3-6,8-11,22-23H,7,12-17H2,1-2H3,(H,28,33)(H,29,34)(H,31,32). The minimum atomic E-state index is -0.861. The summed E-state index contributed by atoms with van der Waals surface area (Å²) < 4.78 is 5.61. The van der Waals surface area contributed by atoms with Gasteiger partial charge in [-0.25, -0.2) is 4.79 Å². The van der Waals surface area contributed by atoms with Gasteiger partial charge in [-0.3, -0.25) is 9.59 Å². The molecule has 0 aromatic heterocycles. The number of aliphatic carboxylic acids is 1. The zero-order chi connectivity index (χ0) is 25.0. The molecule has 1 unspecified atom stereocenters. The molecule has 1 atom stereocenters. The van der Waals surface area contributed by atoms with Crippen LogP contribution in [0.2, 0.25) is 0 Å². The Morgan fingerprint density at radius 1 is 1.06 bits per heavy atom. The quantitative estimate of drug-likeness (QED) is 0.483. The second kappa shape index (κ2) is 10.5. The normalized spacial score (nSPS) is 16.5. The number of rotatable bonds is 10. The lowest BCUT2D eigenvalue weighted by Gasteiger charge is -2.41. The van der Waals surface area contributed by atoms with Crippen molar-refractivity contribution in [3.8, 4) is 11.1 Å². The number of carboxylic acid groups (broad SMARTS) is 1. The van der Waals surface area contributed by atoms with Gasteiger partial charge in [-0.15, -0.1) is 0 Å². The van der Waals surface area contributed by atoms with E-state index in [2.05, 4.69) is 34.9 Å². The van der Waals surface area contributed by atoms with Crippen molar-refractivity contribution in [2.45, 2.75) is 37.6 Å². The largest absolute Gasteiger partial charge is 0.481 e. The van der Waals surface area contributed by atoms with Crippen LogP contribution in [0.5, 0.6) is 0 Å². The molecule has 2 amide bonds. The van der Waals surface area contributed by atoms with E-state index in [-0.39, 0.29) is 31.4 Å². The van der Waals surface area contributed by atoms with E-state index in [0.717, 1.165) is 41.5 Å². The number of benzene rings is 2. The smallest absolute Gasteiger partial charge is 0.407 e. The molecule has 1 saturated carbocycles. The number of nitrogens with zero attached hydrogens (tertiary/aromatic N) is 1. The van der Waals surface area contributed by atoms with Crippen molar-refractivity contribution in [3.05, 3.63) is 59.7 Å². The van der Waals surface area contributed by atoms with Gasteiger partial charge in [0.1, 0.15) is 12.6 Å². The predicted octanol–water partition coefficient (Wildman–Crippen LogP) is 3.22. The summed E-state index contributed by atoms with van der Waals surface area (Å²) >= 11 is 0. The highest BCUT2D eigenvalue weighted by atomic mass is 16.5. The lowest BCUT2D eigenvalue weighted by molar-refractivity contribution is -0.142. The molecule has 4 rings (SSSR count). The van der Waals surface area contributed by atoms with E-state index in [4.69, 9.17) is 4.74 Å². The van der Waals surface area contributed by atoms with Gasteiger partial charge in [-0.2, -0.15) is 0 Å². The van der Waals surface area contributed by atoms with Crippen LogP contribution in [0.15, 0.2) is 48.5 Å². The van der Waals surface area contributed by atoms with E-state index in [9.17, 15) is 19.5 Å². The number of nitrogens with one attached hydrogen (secondary N) is 2. The maximum atomic E-state index is 12.9. The van der Waals surface area contributed by atoms with Gasteiger partial charge in [0.15, 0.2) is 0 Å². The number of carboxylic acids is 1. The maximum Gasteiger partial charge on any atom is 0.407 e. The molecule has 0 spiro atoms. The van der Waals surface area contributed by atoms with Crippen LogP contribution in [0, 0.1) is 5.41 Å². The minimum absolute atomic E-state index is 0.0332. The highest BCUT2D eigenvalue weighted by Gasteiger charge is 2.40. The molecule has 8 heteroatoms. The second-order valence-corrected chi connectivity index (χ2v) is 9.93. The summed E-state index contributed by atoms with van der Waals surface area (Å²) in [5, 5.41) is 14.8. The molecular formula is C27H33N3O5. The third kappa shape index (κ3) is 5.65. The number of fused-ring (bicyclic) bond motifs is 3. The van der Waals surface area contributed by atoms with Crippen LogP contribution in [0.3, 0.4) is 0 Å². The molecule has 0 saturated heterocycles. The summed E-state index contributed by atoms with van der Waals surface area (Å²) in [5.74, 6) is -1.27. The molecule has 8 nitrogen and oxygen atoms in total. The fraction of sp³-hybridized carbons (Fsp3) is 0.444. The molecular weight excluding hydrogens is 446 g/mol. The van der Waals surface area contributed by atoms with Crippen LogP contribution in [-0.2, 0) is 14.3 Å². The molecule has 2 aromatic carbocycles. The van der Waals surface area contributed by atoms with Crippen LogP contribution in [0.1, 0.15) is 42.7 Å². The Hall–Kier alpha value is -3.39. The molecule has 0 aliphatic heterocycles. The number of ether oxygens (including phenoxy) is 1. The molecule has 1 fully saturated rings. The van der Waals surface area contributed by atoms with Crippen LogP contribution < -0.4 is 10.6 Å². The van der Waals surface area contributed by atoms with Gasteiger partial charge in [0.25, 0.3) is 0 Å². The number of amides is 2. The second-order valence-electron chi connectivity index (χ2n) is 9.93. The lowest BCUT2D eigenvalue weighted by atomic mass is 9.66. The van der Waals surface area contributed by atoms with Crippen molar-refractivity contribution in [1.82, 2.24) is 15.5 Å². The van der Waals surface area contributed by atoms with Gasteiger partial charge in [0.2, 0.25) is 5.91 Å². The first-order chi connectivity index (χ1) is 16.8. The van der Waals surface area contributed by atoms with Gasteiger partial charge in [0.05, 0.1) is 6.42 Å². The van der Waals surface area contributed by atoms with Crippen molar-refractivity contribution < 1.29 is 24.2 Å². The van der Waals surface area contributed by atoms with Crippen LogP contribution in [0.4, 0.5) is 4.79 Å². The zero-order valence-corrected chi connectivity index (χ0v) is 20.3. The zero-order valence-electron chi connectivity index (χ0n) is 20.3. The van der Waals surface area contributed by atoms with E-state index >= 15 is 0 Å². The summed E-state index contributed by atoms with van der Waals surface area (Å²) in [7, 11) is 3.63. The van der Waals surface area contributed by atoms with E-state index in [1.165, 1.54) is 0 Å². The van der Waals surface area contributed by atoms with Gasteiger partial charge >= 0.3 is 12.1 Å². The van der Waals surface area contributed by atoms with Crippen LogP contribution in [-0.4, -0.2) is 67.8 Å². The van der Waals surface area contributed by atoms with Crippen molar-refractivity contribution in [1.29, 1.82) is 0 Å². The first kappa shape index (κ1) is 24.7. The Balaban J connectivity index is 1.37. The van der Waals surface area contributed by atoms with Crippen molar-refractivity contribution in [2.24, 2.45) is 5.41 Å². The molecule has 35 heavy (non-hydrogen) atoms. The van der Waals surface area contributed by atoms with Crippen molar-refractivity contribution >= 4 is 18.0 Å². The molecule has 0 radical (unpaired) electrons. The van der Waals surface area contributed by atoms with Gasteiger partial charge in [-0.05, 0) is 54.6 Å². The number of carbonyl (C=O) groups is 3. The Morgan fingerprint density at radius 3 is 2.17 bits per heavy atom. The number of likely N-dealkylation sites (N-methyl/N-ethyl adjacent to an activating group) is 1. The lowest BCUT2D eigenvalue weighted by Crippen LogP contribution is -2.54. The third-order valence-corrected chi connectivity index (χ3v) is 7.08. The predicted molar refractivity (Wildman–Crippen MR) is 132 cm³/mol. The van der Waals surface area contributed by atoms with Crippen molar-refractivity contribution in [3.63, 3.8) is 0 Å². The number of carbonyl (C=O) groups excluding carboxylic acids is 2. The monoisotopic (exact) mass is 479 g/mol. The maximum absolute atomic E-state index is 12.9. The van der Waals surface area contributed by atoms with Crippen LogP contribution in [0.25, 0.3) is 11.1 Å². The van der Waals surface area contributed by atoms with Gasteiger partial charge in [0, 0.05) is 19.0 Å². The molecule has 2 aliphatic rings. The summed E-state index contributed by atoms with van der Waals surface area (Å²) in [5.41, 5.74) is 4.14. The molecule has 3 N–H and O–H groups in total. The Bertz CT molecular complexity index is 1050. The Morgan fingerprint density at radius 2 is 1.66 bits per heavy atom. The van der Waals surface area contributed by atoms with E-state index in [0.29, 0.717) is 6.54 Å². The summed E-state index contributed by atoms with van der Waals surface area (Å²) in [6.45, 7) is 0.744. The fourth-order valence-electron chi connectivity index (χ4n) is 5.15. The molecule has 0 heterocycles. The van der Waals surface area contributed by atoms with E-state index in [1.807, 2.05) is 43.3 Å². The van der Waals surface area contributed by atoms with Gasteiger partial charge < -0.3 is 25.4 Å². The highest BCUT2D eigenvalue weighted by molar-refractivity contribution is 5.86. The number of alkyl carbamates (subject to hydrolysis) is 1. The van der Waals surface area contributed by atoms with Crippen LogP contribution >= 0.6 is 0 Å². The van der Waals surface area contributed by atoms with E-state index < -0.39 is 23.5 Å². The van der Waals surface area contributed by atoms with Crippen molar-refractivity contribution in [2.75, 3.05) is 33.8 Å². The van der Waals surface area contributed by atoms with E-state index in [1.54, 1.807) is 0 Å². The minimum Gasteiger partial charge on any atom is -0.481 e. The molecule has 2 aliphatic carbocycles. The highest BCUT2D eigenvalue weighted by Crippen LogP contribution is 2.45.